The molecule has 3 heteroatoms. The minimum Gasteiger partial charge on any atom is -0.495 e. The van der Waals surface area contributed by atoms with Crippen LogP contribution in [0.1, 0.15) is 31.2 Å². The topological polar surface area (TPSA) is 21.3 Å². The van der Waals surface area contributed by atoms with Crippen molar-refractivity contribution in [2.24, 2.45) is 11.8 Å². The van der Waals surface area contributed by atoms with E-state index in [9.17, 15) is 0 Å². The van der Waals surface area contributed by atoms with Crippen molar-refractivity contribution in [2.75, 3.05) is 12.4 Å². The highest BCUT2D eigenvalue weighted by Crippen LogP contribution is 2.46. The van der Waals surface area contributed by atoms with E-state index in [1.165, 1.54) is 25.7 Å². The number of benzene rings is 1. The molecule has 0 heterocycles. The fraction of sp³-hybridized carbons (Fsp3) is 0.600. The van der Waals surface area contributed by atoms with E-state index in [2.05, 4.69) is 11.4 Å². The SMILES string of the molecule is COc1cc(Cl)c(C)cc1NC(C1CC1)C1CC1. The Bertz CT molecular complexity index is 440. The van der Waals surface area contributed by atoms with Crippen LogP contribution in [0.25, 0.3) is 0 Å². The molecule has 0 spiro atoms. The van der Waals surface area contributed by atoms with Crippen LogP contribution in [-0.2, 0) is 0 Å². The summed E-state index contributed by atoms with van der Waals surface area (Å²) < 4.78 is 5.44. The van der Waals surface area contributed by atoms with E-state index in [1.54, 1.807) is 7.11 Å². The van der Waals surface area contributed by atoms with E-state index in [-0.39, 0.29) is 0 Å². The van der Waals surface area contributed by atoms with Crippen LogP contribution < -0.4 is 10.1 Å². The number of ether oxygens (including phenoxy) is 1. The van der Waals surface area contributed by atoms with E-state index in [0.29, 0.717) is 6.04 Å². The van der Waals surface area contributed by atoms with Gasteiger partial charge in [-0.25, -0.2) is 0 Å². The molecule has 0 atom stereocenters. The van der Waals surface area contributed by atoms with Gasteiger partial charge < -0.3 is 10.1 Å². The number of rotatable bonds is 5. The normalized spacial score (nSPS) is 19.1. The zero-order chi connectivity index (χ0) is 12.7. The smallest absolute Gasteiger partial charge is 0.143 e. The number of aryl methyl sites for hydroxylation is 1. The first-order chi connectivity index (χ1) is 8.69. The number of hydrogen-bond donors (Lipinski definition) is 1. The molecule has 2 saturated carbocycles. The zero-order valence-corrected chi connectivity index (χ0v) is 11.8. The molecule has 0 aliphatic heterocycles. The van der Waals surface area contributed by atoms with Crippen LogP contribution in [0, 0.1) is 18.8 Å². The monoisotopic (exact) mass is 265 g/mol. The summed E-state index contributed by atoms with van der Waals surface area (Å²) in [5.74, 6) is 2.60. The second kappa shape index (κ2) is 4.65. The second-order valence-corrected chi connectivity index (χ2v) is 6.05. The third-order valence-corrected chi connectivity index (χ3v) is 4.47. The van der Waals surface area contributed by atoms with Crippen molar-refractivity contribution in [3.63, 3.8) is 0 Å². The van der Waals surface area contributed by atoms with Crippen molar-refractivity contribution in [3.8, 4) is 5.75 Å². The molecule has 0 amide bonds. The summed E-state index contributed by atoms with van der Waals surface area (Å²) in [5.41, 5.74) is 2.20. The van der Waals surface area contributed by atoms with Crippen LogP contribution in [0.4, 0.5) is 5.69 Å². The lowest BCUT2D eigenvalue weighted by Gasteiger charge is -2.21. The maximum atomic E-state index is 6.14. The summed E-state index contributed by atoms with van der Waals surface area (Å²) in [6.45, 7) is 2.04. The molecule has 0 aromatic heterocycles. The molecule has 0 radical (unpaired) electrons. The lowest BCUT2D eigenvalue weighted by Crippen LogP contribution is -2.24. The predicted molar refractivity (Wildman–Crippen MR) is 75.6 cm³/mol. The molecular formula is C15H20ClNO. The first kappa shape index (κ1) is 12.2. The van der Waals surface area contributed by atoms with Gasteiger partial charge >= 0.3 is 0 Å². The van der Waals surface area contributed by atoms with Gasteiger partial charge in [0.15, 0.2) is 0 Å². The first-order valence-corrected chi connectivity index (χ1v) is 7.17. The number of halogens is 1. The van der Waals surface area contributed by atoms with Crippen LogP contribution in [-0.4, -0.2) is 13.2 Å². The zero-order valence-electron chi connectivity index (χ0n) is 11.0. The Hall–Kier alpha value is -0.890. The van der Waals surface area contributed by atoms with Crippen LogP contribution in [0.15, 0.2) is 12.1 Å². The van der Waals surface area contributed by atoms with Gasteiger partial charge in [0.1, 0.15) is 5.75 Å². The highest BCUT2D eigenvalue weighted by atomic mass is 35.5. The minimum atomic E-state index is 0.638. The molecule has 0 bridgehead atoms. The van der Waals surface area contributed by atoms with Gasteiger partial charge in [-0.05, 0) is 56.1 Å². The molecule has 0 saturated heterocycles. The van der Waals surface area contributed by atoms with E-state index in [0.717, 1.165) is 33.9 Å². The Morgan fingerprint density at radius 2 is 1.83 bits per heavy atom. The van der Waals surface area contributed by atoms with Crippen molar-refractivity contribution < 1.29 is 4.74 Å². The fourth-order valence-electron chi connectivity index (χ4n) is 2.66. The van der Waals surface area contributed by atoms with Gasteiger partial charge in [-0.3, -0.25) is 0 Å². The summed E-state index contributed by atoms with van der Waals surface area (Å²) in [6, 6.07) is 4.66. The molecule has 2 aliphatic carbocycles. The average Bonchev–Trinajstić information content (AvgIpc) is 3.22. The quantitative estimate of drug-likeness (QED) is 0.859. The summed E-state index contributed by atoms with van der Waals surface area (Å²) in [6.07, 6.45) is 5.51. The third kappa shape index (κ3) is 2.44. The number of methoxy groups -OCH3 is 1. The molecule has 1 N–H and O–H groups in total. The fourth-order valence-corrected chi connectivity index (χ4v) is 2.81. The summed E-state index contributed by atoms with van der Waals surface area (Å²) in [4.78, 5) is 0. The van der Waals surface area contributed by atoms with Gasteiger partial charge in [0.25, 0.3) is 0 Å². The highest BCUT2D eigenvalue weighted by Gasteiger charge is 2.41. The lowest BCUT2D eigenvalue weighted by molar-refractivity contribution is 0.415. The standard InChI is InChI=1S/C15H20ClNO/c1-9-7-13(14(18-2)8-12(9)16)17-15(10-3-4-10)11-5-6-11/h7-8,10-11,15,17H,3-6H2,1-2H3. The maximum Gasteiger partial charge on any atom is 0.143 e. The van der Waals surface area contributed by atoms with Crippen LogP contribution >= 0.6 is 11.6 Å². The van der Waals surface area contributed by atoms with Gasteiger partial charge in [0, 0.05) is 17.1 Å². The summed E-state index contributed by atoms with van der Waals surface area (Å²) in [7, 11) is 1.70. The largest absolute Gasteiger partial charge is 0.495 e. The molecule has 98 valence electrons. The molecule has 1 aromatic carbocycles. The van der Waals surface area contributed by atoms with Gasteiger partial charge in [-0.1, -0.05) is 11.6 Å². The van der Waals surface area contributed by atoms with Crippen LogP contribution in [0.5, 0.6) is 5.75 Å². The Kier molecular flexibility index (Phi) is 3.14. The van der Waals surface area contributed by atoms with E-state index in [4.69, 9.17) is 16.3 Å². The predicted octanol–water partition coefficient (Wildman–Crippen LogP) is 4.26. The Labute approximate surface area is 114 Å². The lowest BCUT2D eigenvalue weighted by atomic mass is 10.1. The second-order valence-electron chi connectivity index (χ2n) is 5.65. The molecule has 0 unspecified atom stereocenters. The molecular weight excluding hydrogens is 246 g/mol. The summed E-state index contributed by atoms with van der Waals surface area (Å²) in [5, 5.41) is 4.48. The Morgan fingerprint density at radius 1 is 1.22 bits per heavy atom. The molecule has 2 fully saturated rings. The molecule has 1 aromatic rings. The minimum absolute atomic E-state index is 0.638. The molecule has 2 nitrogen and oxygen atoms in total. The van der Waals surface area contributed by atoms with E-state index >= 15 is 0 Å². The van der Waals surface area contributed by atoms with Crippen molar-refractivity contribution >= 4 is 17.3 Å². The highest BCUT2D eigenvalue weighted by molar-refractivity contribution is 6.31. The van der Waals surface area contributed by atoms with Gasteiger partial charge in [0.2, 0.25) is 0 Å². The van der Waals surface area contributed by atoms with Crippen molar-refractivity contribution in [1.29, 1.82) is 0 Å². The number of nitrogens with one attached hydrogen (secondary N) is 1. The Morgan fingerprint density at radius 3 is 2.33 bits per heavy atom. The van der Waals surface area contributed by atoms with Crippen LogP contribution in [0.2, 0.25) is 5.02 Å². The number of hydrogen-bond acceptors (Lipinski definition) is 2. The van der Waals surface area contributed by atoms with Crippen molar-refractivity contribution in [3.05, 3.63) is 22.7 Å². The van der Waals surface area contributed by atoms with Crippen molar-refractivity contribution in [2.45, 2.75) is 38.6 Å². The molecule has 18 heavy (non-hydrogen) atoms. The third-order valence-electron chi connectivity index (χ3n) is 4.06. The van der Waals surface area contributed by atoms with E-state index < -0.39 is 0 Å². The Balaban J connectivity index is 1.83. The maximum absolute atomic E-state index is 6.14. The average molecular weight is 266 g/mol. The first-order valence-electron chi connectivity index (χ1n) is 6.79. The van der Waals surface area contributed by atoms with Gasteiger partial charge in [0.05, 0.1) is 12.8 Å². The van der Waals surface area contributed by atoms with Crippen LogP contribution in [0.3, 0.4) is 0 Å². The van der Waals surface area contributed by atoms with E-state index in [1.807, 2.05) is 13.0 Å². The van der Waals surface area contributed by atoms with Crippen molar-refractivity contribution in [1.82, 2.24) is 0 Å². The molecule has 2 aliphatic rings. The van der Waals surface area contributed by atoms with Gasteiger partial charge in [-0.15, -0.1) is 0 Å². The summed E-state index contributed by atoms with van der Waals surface area (Å²) >= 11 is 6.14. The number of anilines is 1. The van der Waals surface area contributed by atoms with Gasteiger partial charge in [-0.2, -0.15) is 0 Å². The molecule has 3 rings (SSSR count).